The molecule has 0 aromatic heterocycles. The molecule has 0 rings (SSSR count). The number of ether oxygens (including phenoxy) is 2. The Hall–Kier alpha value is -1.32. The van der Waals surface area contributed by atoms with E-state index >= 15 is 0 Å². The second-order valence-electron chi connectivity index (χ2n) is 3.01. The monoisotopic (exact) mass is 200 g/mol. The van der Waals surface area contributed by atoms with Crippen LogP contribution in [-0.2, 0) is 19.1 Å². The molecule has 0 atom stereocenters. The molecule has 0 aromatic rings. The van der Waals surface area contributed by atoms with Crippen LogP contribution in [0.2, 0.25) is 0 Å². The fourth-order valence-electron chi connectivity index (χ4n) is 0.770. The normalized spacial score (nSPS) is 9.64. The Morgan fingerprint density at radius 2 is 2.07 bits per heavy atom. The van der Waals surface area contributed by atoms with E-state index < -0.39 is 5.97 Å². The first-order valence-corrected chi connectivity index (χ1v) is 4.55. The average Bonchev–Trinajstić information content (AvgIpc) is 2.10. The van der Waals surface area contributed by atoms with Gasteiger partial charge in [0.05, 0.1) is 12.7 Å². The van der Waals surface area contributed by atoms with Gasteiger partial charge in [-0.05, 0) is 20.3 Å². The zero-order valence-electron chi connectivity index (χ0n) is 8.62. The van der Waals surface area contributed by atoms with Gasteiger partial charge >= 0.3 is 11.9 Å². The minimum atomic E-state index is -0.470. The molecule has 0 saturated carbocycles. The van der Waals surface area contributed by atoms with Crippen LogP contribution in [0, 0.1) is 0 Å². The highest BCUT2D eigenvalue weighted by molar-refractivity contribution is 5.81. The number of rotatable bonds is 6. The lowest BCUT2D eigenvalue weighted by molar-refractivity contribution is -0.148. The van der Waals surface area contributed by atoms with Gasteiger partial charge in [0.2, 0.25) is 0 Å². The summed E-state index contributed by atoms with van der Waals surface area (Å²) in [6, 6.07) is 0. The van der Waals surface area contributed by atoms with Crippen molar-refractivity contribution in [1.29, 1.82) is 0 Å². The molecule has 0 heterocycles. The van der Waals surface area contributed by atoms with E-state index in [-0.39, 0.29) is 25.1 Å². The fraction of sp³-hybridized carbons (Fsp3) is 0.600. The standard InChI is InChI=1S/C10H16O4/c1-4-9(11)13-7-5-6-10(12)14-8(2)3/h4,8H,1,5-7H2,2-3H3. The van der Waals surface area contributed by atoms with Crippen LogP contribution in [0.4, 0.5) is 0 Å². The molecule has 0 bridgehead atoms. The van der Waals surface area contributed by atoms with Crippen LogP contribution in [0.15, 0.2) is 12.7 Å². The molecule has 0 N–H and O–H groups in total. The minimum Gasteiger partial charge on any atom is -0.463 e. The first-order valence-electron chi connectivity index (χ1n) is 4.55. The number of carbonyl (C=O) groups excluding carboxylic acids is 2. The topological polar surface area (TPSA) is 52.6 Å². The Morgan fingerprint density at radius 1 is 1.43 bits per heavy atom. The van der Waals surface area contributed by atoms with Crippen LogP contribution in [0.1, 0.15) is 26.7 Å². The van der Waals surface area contributed by atoms with Crippen molar-refractivity contribution in [2.24, 2.45) is 0 Å². The van der Waals surface area contributed by atoms with Crippen LogP contribution < -0.4 is 0 Å². The summed E-state index contributed by atoms with van der Waals surface area (Å²) in [5.41, 5.74) is 0. The molecule has 0 unspecified atom stereocenters. The molecule has 0 fully saturated rings. The predicted molar refractivity (Wildman–Crippen MR) is 51.6 cm³/mol. The third kappa shape index (κ3) is 7.34. The average molecular weight is 200 g/mol. The van der Waals surface area contributed by atoms with E-state index in [2.05, 4.69) is 11.3 Å². The SMILES string of the molecule is C=CC(=O)OCCCC(=O)OC(C)C. The van der Waals surface area contributed by atoms with E-state index in [1.165, 1.54) is 0 Å². The lowest BCUT2D eigenvalue weighted by Crippen LogP contribution is -2.12. The van der Waals surface area contributed by atoms with Crippen molar-refractivity contribution in [1.82, 2.24) is 0 Å². The summed E-state index contributed by atoms with van der Waals surface area (Å²) in [5, 5.41) is 0. The van der Waals surface area contributed by atoms with Crippen molar-refractivity contribution in [3.05, 3.63) is 12.7 Å². The second kappa shape index (κ2) is 7.12. The molecular weight excluding hydrogens is 184 g/mol. The lowest BCUT2D eigenvalue weighted by Gasteiger charge is -2.07. The fourth-order valence-corrected chi connectivity index (χ4v) is 0.770. The Kier molecular flexibility index (Phi) is 6.45. The van der Waals surface area contributed by atoms with Gasteiger partial charge in [-0.2, -0.15) is 0 Å². The van der Waals surface area contributed by atoms with Crippen molar-refractivity contribution in [2.45, 2.75) is 32.8 Å². The number of hydrogen-bond acceptors (Lipinski definition) is 4. The molecule has 4 heteroatoms. The molecule has 80 valence electrons. The molecule has 4 nitrogen and oxygen atoms in total. The molecule has 0 aliphatic carbocycles. The summed E-state index contributed by atoms with van der Waals surface area (Å²) < 4.78 is 9.57. The van der Waals surface area contributed by atoms with E-state index in [1.54, 1.807) is 13.8 Å². The number of esters is 2. The van der Waals surface area contributed by atoms with Crippen molar-refractivity contribution >= 4 is 11.9 Å². The van der Waals surface area contributed by atoms with E-state index in [4.69, 9.17) is 4.74 Å². The third-order valence-electron chi connectivity index (χ3n) is 1.30. The Labute approximate surface area is 83.9 Å². The van der Waals surface area contributed by atoms with Crippen molar-refractivity contribution in [3.8, 4) is 0 Å². The van der Waals surface area contributed by atoms with Crippen LogP contribution in [0.25, 0.3) is 0 Å². The van der Waals surface area contributed by atoms with Crippen LogP contribution in [-0.4, -0.2) is 24.6 Å². The van der Waals surface area contributed by atoms with Crippen molar-refractivity contribution < 1.29 is 19.1 Å². The van der Waals surface area contributed by atoms with Gasteiger partial charge in [-0.3, -0.25) is 4.79 Å². The van der Waals surface area contributed by atoms with Gasteiger partial charge in [-0.15, -0.1) is 0 Å². The quantitative estimate of drug-likeness (QED) is 0.370. The largest absolute Gasteiger partial charge is 0.463 e. The summed E-state index contributed by atoms with van der Waals surface area (Å²) in [5.74, 6) is -0.739. The van der Waals surface area contributed by atoms with Crippen molar-refractivity contribution in [2.75, 3.05) is 6.61 Å². The maximum Gasteiger partial charge on any atom is 0.330 e. The summed E-state index contributed by atoms with van der Waals surface area (Å²) in [6.45, 7) is 7.04. The van der Waals surface area contributed by atoms with Crippen LogP contribution in [0.5, 0.6) is 0 Å². The third-order valence-corrected chi connectivity index (χ3v) is 1.30. The Bertz CT molecular complexity index is 208. The van der Waals surface area contributed by atoms with Crippen LogP contribution >= 0.6 is 0 Å². The first-order chi connectivity index (χ1) is 6.56. The summed E-state index contributed by atoms with van der Waals surface area (Å²) in [7, 11) is 0. The van der Waals surface area contributed by atoms with E-state index in [0.29, 0.717) is 6.42 Å². The Morgan fingerprint density at radius 3 is 2.57 bits per heavy atom. The van der Waals surface area contributed by atoms with E-state index in [1.807, 2.05) is 0 Å². The van der Waals surface area contributed by atoms with Gasteiger partial charge in [-0.25, -0.2) is 4.79 Å². The minimum absolute atomic E-state index is 0.0989. The van der Waals surface area contributed by atoms with Crippen molar-refractivity contribution in [3.63, 3.8) is 0 Å². The number of carbonyl (C=O) groups is 2. The summed E-state index contributed by atoms with van der Waals surface area (Å²) >= 11 is 0. The zero-order chi connectivity index (χ0) is 11.0. The van der Waals surface area contributed by atoms with Gasteiger partial charge in [0.25, 0.3) is 0 Å². The van der Waals surface area contributed by atoms with Gasteiger partial charge in [0, 0.05) is 12.5 Å². The summed E-state index contributed by atoms with van der Waals surface area (Å²) in [4.78, 5) is 21.6. The highest BCUT2D eigenvalue weighted by Gasteiger charge is 2.05. The molecule has 0 amide bonds. The predicted octanol–water partition coefficient (Wildman–Crippen LogP) is 1.45. The highest BCUT2D eigenvalue weighted by Crippen LogP contribution is 1.97. The van der Waals surface area contributed by atoms with E-state index in [0.717, 1.165) is 6.08 Å². The molecule has 0 spiro atoms. The summed E-state index contributed by atoms with van der Waals surface area (Å²) in [6.07, 6.45) is 1.73. The van der Waals surface area contributed by atoms with Gasteiger partial charge in [0.15, 0.2) is 0 Å². The maximum atomic E-state index is 11.0. The number of hydrogen-bond donors (Lipinski definition) is 0. The van der Waals surface area contributed by atoms with Gasteiger partial charge < -0.3 is 9.47 Å². The van der Waals surface area contributed by atoms with Crippen LogP contribution in [0.3, 0.4) is 0 Å². The smallest absolute Gasteiger partial charge is 0.330 e. The molecular formula is C10H16O4. The zero-order valence-corrected chi connectivity index (χ0v) is 8.62. The molecule has 0 saturated heterocycles. The molecule has 0 aromatic carbocycles. The lowest BCUT2D eigenvalue weighted by atomic mass is 10.3. The Balaban J connectivity index is 3.40. The molecule has 14 heavy (non-hydrogen) atoms. The molecule has 0 radical (unpaired) electrons. The maximum absolute atomic E-state index is 11.0. The first kappa shape index (κ1) is 12.7. The highest BCUT2D eigenvalue weighted by atomic mass is 16.5. The van der Waals surface area contributed by atoms with Gasteiger partial charge in [0.1, 0.15) is 0 Å². The van der Waals surface area contributed by atoms with Gasteiger partial charge in [-0.1, -0.05) is 6.58 Å². The second-order valence-corrected chi connectivity index (χ2v) is 3.01. The van der Waals surface area contributed by atoms with E-state index in [9.17, 15) is 9.59 Å². The molecule has 0 aliphatic rings. The molecule has 0 aliphatic heterocycles.